The minimum atomic E-state index is 0.255. The highest BCUT2D eigenvalue weighted by Crippen LogP contribution is 2.25. The first-order valence-electron chi connectivity index (χ1n) is 7.28. The fraction of sp³-hybridized carbons (Fsp3) is 0.100. The number of anilines is 1. The summed E-state index contributed by atoms with van der Waals surface area (Å²) in [6.45, 7) is 3.88. The first kappa shape index (κ1) is 13.4. The molecule has 104 valence electrons. The van der Waals surface area contributed by atoms with Gasteiger partial charge in [-0.3, -0.25) is 0 Å². The van der Waals surface area contributed by atoms with E-state index in [1.54, 1.807) is 0 Å². The molecule has 0 unspecified atom stereocenters. The molecule has 0 aromatic heterocycles. The van der Waals surface area contributed by atoms with E-state index in [1.165, 1.54) is 16.3 Å². The van der Waals surface area contributed by atoms with Crippen molar-refractivity contribution in [1.29, 1.82) is 0 Å². The van der Waals surface area contributed by atoms with Gasteiger partial charge in [0, 0.05) is 5.69 Å². The third-order valence-electron chi connectivity index (χ3n) is 3.69. The quantitative estimate of drug-likeness (QED) is 0.599. The largest absolute Gasteiger partial charge is 0.378 e. The molecule has 1 nitrogen and oxygen atoms in total. The summed E-state index contributed by atoms with van der Waals surface area (Å²) in [4.78, 5) is 0. The molecule has 0 aliphatic rings. The van der Waals surface area contributed by atoms with Gasteiger partial charge in [0.25, 0.3) is 0 Å². The van der Waals surface area contributed by atoms with E-state index in [9.17, 15) is 0 Å². The van der Waals surface area contributed by atoms with E-state index in [0.29, 0.717) is 0 Å². The normalized spacial score (nSPS) is 12.0. The fourth-order valence-electron chi connectivity index (χ4n) is 2.61. The van der Waals surface area contributed by atoms with Crippen molar-refractivity contribution in [2.24, 2.45) is 0 Å². The zero-order valence-electron chi connectivity index (χ0n) is 12.0. The molecule has 0 aliphatic carbocycles. The van der Waals surface area contributed by atoms with Gasteiger partial charge in [0.05, 0.1) is 6.04 Å². The van der Waals surface area contributed by atoms with Crippen molar-refractivity contribution in [2.75, 3.05) is 5.32 Å². The van der Waals surface area contributed by atoms with E-state index >= 15 is 0 Å². The summed E-state index contributed by atoms with van der Waals surface area (Å²) in [7, 11) is 0. The Hall–Kier alpha value is -2.54. The van der Waals surface area contributed by atoms with Gasteiger partial charge in [0.15, 0.2) is 0 Å². The number of hydrogen-bond acceptors (Lipinski definition) is 1. The Kier molecular flexibility index (Phi) is 4.02. The van der Waals surface area contributed by atoms with Crippen LogP contribution in [0.1, 0.15) is 18.0 Å². The molecular weight excluding hydrogens is 254 g/mol. The van der Waals surface area contributed by atoms with Gasteiger partial charge in [-0.2, -0.15) is 0 Å². The van der Waals surface area contributed by atoms with E-state index in [0.717, 1.165) is 12.1 Å². The topological polar surface area (TPSA) is 12.0 Å². The molecule has 0 amide bonds. The standard InChI is InChI=1S/C20H19N/c1-2-8-20(17-10-4-3-5-11-17)21-19-14-13-16-9-6-7-12-18(16)15-19/h2-7,9-15,20-21H,1,8H2/t20-/m0/s1. The third kappa shape index (κ3) is 3.14. The van der Waals surface area contributed by atoms with Gasteiger partial charge in [-0.25, -0.2) is 0 Å². The van der Waals surface area contributed by atoms with Gasteiger partial charge in [-0.05, 0) is 34.9 Å². The predicted molar refractivity (Wildman–Crippen MR) is 91.6 cm³/mol. The first-order valence-corrected chi connectivity index (χ1v) is 7.28. The number of fused-ring (bicyclic) bond motifs is 1. The maximum absolute atomic E-state index is 3.88. The van der Waals surface area contributed by atoms with Crippen LogP contribution in [0.5, 0.6) is 0 Å². The zero-order chi connectivity index (χ0) is 14.5. The highest BCUT2D eigenvalue weighted by Gasteiger charge is 2.09. The van der Waals surface area contributed by atoms with Gasteiger partial charge in [-0.1, -0.05) is 66.7 Å². The lowest BCUT2D eigenvalue weighted by Crippen LogP contribution is -2.09. The Balaban J connectivity index is 1.89. The first-order chi connectivity index (χ1) is 10.4. The number of hydrogen-bond donors (Lipinski definition) is 1. The van der Waals surface area contributed by atoms with E-state index in [-0.39, 0.29) is 6.04 Å². The second-order valence-electron chi connectivity index (χ2n) is 5.19. The summed E-state index contributed by atoms with van der Waals surface area (Å²) in [5.41, 5.74) is 2.43. The second kappa shape index (κ2) is 6.27. The van der Waals surface area contributed by atoms with E-state index in [1.807, 2.05) is 12.1 Å². The molecule has 0 saturated heterocycles. The van der Waals surface area contributed by atoms with Crippen LogP contribution in [0.15, 0.2) is 85.5 Å². The summed E-state index contributed by atoms with van der Waals surface area (Å²) >= 11 is 0. The molecule has 1 heteroatoms. The molecule has 3 rings (SSSR count). The van der Waals surface area contributed by atoms with Gasteiger partial charge in [-0.15, -0.1) is 6.58 Å². The van der Waals surface area contributed by atoms with Crippen LogP contribution >= 0.6 is 0 Å². The SMILES string of the molecule is C=CC[C@H](Nc1ccc2ccccc2c1)c1ccccc1. The summed E-state index contributed by atoms with van der Waals surface area (Å²) in [5.74, 6) is 0. The molecular formula is C20H19N. The minimum Gasteiger partial charge on any atom is -0.378 e. The van der Waals surface area contributed by atoms with Gasteiger partial charge >= 0.3 is 0 Å². The van der Waals surface area contributed by atoms with Crippen molar-refractivity contribution in [3.63, 3.8) is 0 Å². The van der Waals surface area contributed by atoms with Crippen LogP contribution in [-0.2, 0) is 0 Å². The van der Waals surface area contributed by atoms with Crippen LogP contribution in [0.2, 0.25) is 0 Å². The Morgan fingerprint density at radius 1 is 0.857 bits per heavy atom. The smallest absolute Gasteiger partial charge is 0.0548 e. The van der Waals surface area contributed by atoms with Crippen molar-refractivity contribution >= 4 is 16.5 Å². The van der Waals surface area contributed by atoms with Gasteiger partial charge in [0.2, 0.25) is 0 Å². The molecule has 1 atom stereocenters. The predicted octanol–water partition coefficient (Wildman–Crippen LogP) is 5.57. The highest BCUT2D eigenvalue weighted by molar-refractivity contribution is 5.85. The Morgan fingerprint density at radius 3 is 2.33 bits per heavy atom. The third-order valence-corrected chi connectivity index (χ3v) is 3.69. The lowest BCUT2D eigenvalue weighted by molar-refractivity contribution is 0.799. The molecule has 3 aromatic rings. The lowest BCUT2D eigenvalue weighted by atomic mass is 10.0. The van der Waals surface area contributed by atoms with Crippen molar-refractivity contribution in [2.45, 2.75) is 12.5 Å². The van der Waals surface area contributed by atoms with E-state index in [2.05, 4.69) is 78.6 Å². The molecule has 0 fully saturated rings. The number of rotatable bonds is 5. The monoisotopic (exact) mass is 273 g/mol. The van der Waals surface area contributed by atoms with Crippen LogP contribution < -0.4 is 5.32 Å². The van der Waals surface area contributed by atoms with E-state index < -0.39 is 0 Å². The molecule has 0 radical (unpaired) electrons. The number of benzene rings is 3. The Morgan fingerprint density at radius 2 is 1.57 bits per heavy atom. The van der Waals surface area contributed by atoms with Crippen molar-refractivity contribution < 1.29 is 0 Å². The average Bonchev–Trinajstić information content (AvgIpc) is 2.55. The Labute approximate surface area is 125 Å². The minimum absolute atomic E-state index is 0.255. The average molecular weight is 273 g/mol. The van der Waals surface area contributed by atoms with Crippen LogP contribution in [0.3, 0.4) is 0 Å². The highest BCUT2D eigenvalue weighted by atomic mass is 14.9. The van der Waals surface area contributed by atoms with Crippen LogP contribution in [0.4, 0.5) is 5.69 Å². The molecule has 1 N–H and O–H groups in total. The molecule has 0 heterocycles. The maximum atomic E-state index is 3.88. The summed E-state index contributed by atoms with van der Waals surface area (Å²) in [6.07, 6.45) is 2.86. The van der Waals surface area contributed by atoms with Crippen molar-refractivity contribution in [3.05, 3.63) is 91.0 Å². The Bertz CT molecular complexity index is 731. The molecule has 3 aromatic carbocycles. The second-order valence-corrected chi connectivity index (χ2v) is 5.19. The molecule has 0 spiro atoms. The summed E-state index contributed by atoms with van der Waals surface area (Å²) < 4.78 is 0. The molecule has 21 heavy (non-hydrogen) atoms. The van der Waals surface area contributed by atoms with Gasteiger partial charge in [0.1, 0.15) is 0 Å². The van der Waals surface area contributed by atoms with Crippen LogP contribution in [-0.4, -0.2) is 0 Å². The van der Waals surface area contributed by atoms with Crippen molar-refractivity contribution in [1.82, 2.24) is 0 Å². The van der Waals surface area contributed by atoms with Crippen molar-refractivity contribution in [3.8, 4) is 0 Å². The molecule has 0 bridgehead atoms. The summed E-state index contributed by atoms with van der Waals surface area (Å²) in [5, 5.41) is 6.14. The van der Waals surface area contributed by atoms with Gasteiger partial charge < -0.3 is 5.32 Å². The fourth-order valence-corrected chi connectivity index (χ4v) is 2.61. The number of nitrogens with one attached hydrogen (secondary N) is 1. The summed E-state index contributed by atoms with van der Waals surface area (Å²) in [6, 6.07) is 25.7. The van der Waals surface area contributed by atoms with E-state index in [4.69, 9.17) is 0 Å². The maximum Gasteiger partial charge on any atom is 0.0548 e. The zero-order valence-corrected chi connectivity index (χ0v) is 12.0. The van der Waals surface area contributed by atoms with Crippen LogP contribution in [0, 0.1) is 0 Å². The molecule has 0 saturated carbocycles. The lowest BCUT2D eigenvalue weighted by Gasteiger charge is -2.19. The molecule has 0 aliphatic heterocycles. The van der Waals surface area contributed by atoms with Crippen LogP contribution in [0.25, 0.3) is 10.8 Å².